The second-order valence-corrected chi connectivity index (χ2v) is 7.58. The highest BCUT2D eigenvalue weighted by Gasteiger charge is 2.13. The number of hydrogen-bond donors (Lipinski definition) is 1. The fourth-order valence-electron chi connectivity index (χ4n) is 2.90. The number of carboxylic acid groups (broad SMARTS) is 1. The van der Waals surface area contributed by atoms with E-state index in [0.717, 1.165) is 26.4 Å². The van der Waals surface area contributed by atoms with Crippen molar-refractivity contribution in [1.29, 1.82) is 0 Å². The van der Waals surface area contributed by atoms with Crippen LogP contribution in [0.2, 0.25) is 5.02 Å². The first kappa shape index (κ1) is 20.2. The topological polar surface area (TPSA) is 68.7 Å². The van der Waals surface area contributed by atoms with Crippen LogP contribution in [-0.2, 0) is 4.79 Å². The third kappa shape index (κ3) is 4.64. The normalized spacial score (nSPS) is 11.6. The van der Waals surface area contributed by atoms with Crippen LogP contribution in [-0.4, -0.2) is 30.3 Å². The van der Waals surface area contributed by atoms with E-state index in [9.17, 15) is 4.79 Å². The highest BCUT2D eigenvalue weighted by atomic mass is 35.5. The van der Waals surface area contributed by atoms with Crippen LogP contribution in [0.1, 0.15) is 29.8 Å². The van der Waals surface area contributed by atoms with Crippen LogP contribution < -0.4 is 9.47 Å². The lowest BCUT2D eigenvalue weighted by Gasteiger charge is -2.11. The van der Waals surface area contributed by atoms with Gasteiger partial charge in [0, 0.05) is 6.42 Å². The van der Waals surface area contributed by atoms with Crippen molar-refractivity contribution < 1.29 is 19.4 Å². The molecule has 0 fully saturated rings. The average molecular weight is 418 g/mol. The fourth-order valence-corrected chi connectivity index (χ4v) is 4.21. The van der Waals surface area contributed by atoms with E-state index in [2.05, 4.69) is 0 Å². The van der Waals surface area contributed by atoms with E-state index >= 15 is 0 Å². The number of rotatable bonds is 8. The zero-order valence-electron chi connectivity index (χ0n) is 15.6. The van der Waals surface area contributed by atoms with E-state index in [-0.39, 0.29) is 6.42 Å². The molecule has 5 nitrogen and oxygen atoms in total. The summed E-state index contributed by atoms with van der Waals surface area (Å²) in [5, 5.41) is 10.3. The molecule has 0 amide bonds. The van der Waals surface area contributed by atoms with E-state index in [1.54, 1.807) is 24.5 Å². The Morgan fingerprint density at radius 3 is 2.68 bits per heavy atom. The van der Waals surface area contributed by atoms with Gasteiger partial charge in [-0.05, 0) is 54.3 Å². The lowest BCUT2D eigenvalue weighted by atomic mass is 10.0. The lowest BCUT2D eigenvalue weighted by molar-refractivity contribution is -0.137. The molecule has 1 N–H and O–H groups in total. The zero-order valence-corrected chi connectivity index (χ0v) is 17.1. The zero-order chi connectivity index (χ0) is 20.1. The molecule has 0 radical (unpaired) electrons. The van der Waals surface area contributed by atoms with Crippen molar-refractivity contribution in [3.63, 3.8) is 0 Å². The van der Waals surface area contributed by atoms with Crippen molar-refractivity contribution in [2.45, 2.75) is 19.3 Å². The average Bonchev–Trinajstić information content (AvgIpc) is 3.10. The molecule has 2 aromatic carbocycles. The van der Waals surface area contributed by atoms with Crippen molar-refractivity contribution in [3.8, 4) is 11.5 Å². The molecule has 0 saturated heterocycles. The number of thiazole rings is 1. The van der Waals surface area contributed by atoms with Crippen LogP contribution in [0.5, 0.6) is 11.5 Å². The number of benzene rings is 2. The minimum Gasteiger partial charge on any atom is -0.493 e. The Morgan fingerprint density at radius 1 is 1.21 bits per heavy atom. The van der Waals surface area contributed by atoms with Gasteiger partial charge >= 0.3 is 5.97 Å². The smallest absolute Gasteiger partial charge is 0.303 e. The molecule has 146 valence electrons. The van der Waals surface area contributed by atoms with Gasteiger partial charge in [-0.25, -0.2) is 4.98 Å². The molecular formula is C21H20ClNO4S. The molecule has 0 aliphatic heterocycles. The molecule has 1 heterocycles. The summed E-state index contributed by atoms with van der Waals surface area (Å²) in [6.07, 6.45) is 3.21. The molecule has 1 aromatic heterocycles. The number of carbonyl (C=O) groups is 1. The molecule has 0 atom stereocenters. The first-order valence-electron chi connectivity index (χ1n) is 8.71. The molecule has 28 heavy (non-hydrogen) atoms. The molecule has 0 bridgehead atoms. The maximum atomic E-state index is 10.9. The van der Waals surface area contributed by atoms with Gasteiger partial charge in [-0.1, -0.05) is 23.7 Å². The summed E-state index contributed by atoms with van der Waals surface area (Å²) >= 11 is 7.92. The van der Waals surface area contributed by atoms with Crippen molar-refractivity contribution in [1.82, 2.24) is 4.98 Å². The molecule has 0 aliphatic rings. The summed E-state index contributed by atoms with van der Waals surface area (Å²) < 4.78 is 11.8. The maximum Gasteiger partial charge on any atom is 0.303 e. The molecule has 0 saturated carbocycles. The molecule has 3 rings (SSSR count). The highest BCUT2D eigenvalue weighted by molar-refractivity contribution is 7.19. The van der Waals surface area contributed by atoms with E-state index < -0.39 is 5.97 Å². The van der Waals surface area contributed by atoms with Gasteiger partial charge in [-0.3, -0.25) is 4.79 Å². The molecule has 0 spiro atoms. The summed E-state index contributed by atoms with van der Waals surface area (Å²) in [6, 6.07) is 11.6. The Bertz CT molecular complexity index is 995. The van der Waals surface area contributed by atoms with E-state index in [4.69, 9.17) is 31.2 Å². The van der Waals surface area contributed by atoms with Crippen LogP contribution in [0.4, 0.5) is 0 Å². The number of aromatic nitrogens is 1. The molecule has 0 aliphatic carbocycles. The van der Waals surface area contributed by atoms with Gasteiger partial charge < -0.3 is 14.6 Å². The Labute approximate surface area is 172 Å². The quantitative estimate of drug-likeness (QED) is 0.504. The first-order valence-corrected chi connectivity index (χ1v) is 9.91. The minimum absolute atomic E-state index is 0.106. The fraction of sp³-hybridized carbons (Fsp3) is 0.238. The number of nitrogens with zero attached hydrogens (tertiary/aromatic N) is 1. The Balaban J connectivity index is 2.02. The number of carboxylic acids is 1. The Kier molecular flexibility index (Phi) is 6.54. The van der Waals surface area contributed by atoms with Gasteiger partial charge in [0.1, 0.15) is 5.01 Å². The minimum atomic E-state index is -0.808. The third-order valence-electron chi connectivity index (χ3n) is 4.20. The van der Waals surface area contributed by atoms with Gasteiger partial charge in [-0.15, -0.1) is 11.3 Å². The number of allylic oxidation sites excluding steroid dienone is 1. The van der Waals surface area contributed by atoms with Gasteiger partial charge in [0.05, 0.1) is 29.5 Å². The highest BCUT2D eigenvalue weighted by Crippen LogP contribution is 2.38. The SMILES string of the molecule is COc1cc(/C=C(\CCCC(=O)O)c2nc3ccccc3s2)cc(Cl)c1OC. The van der Waals surface area contributed by atoms with Crippen LogP contribution in [0.3, 0.4) is 0 Å². The largest absolute Gasteiger partial charge is 0.493 e. The number of hydrogen-bond acceptors (Lipinski definition) is 5. The standard InChI is InChI=1S/C21H20ClNO4S/c1-26-17-12-13(11-15(22)20(17)27-2)10-14(6-5-9-19(24)25)21-23-16-7-3-4-8-18(16)28-21/h3-4,7-8,10-12H,5-6,9H2,1-2H3,(H,24,25)/b14-10+. The predicted molar refractivity (Wildman–Crippen MR) is 114 cm³/mol. The summed E-state index contributed by atoms with van der Waals surface area (Å²) in [6.45, 7) is 0. The molecular weight excluding hydrogens is 398 g/mol. The van der Waals surface area contributed by atoms with E-state index in [1.165, 1.54) is 7.11 Å². The summed E-state index contributed by atoms with van der Waals surface area (Å²) in [5.41, 5.74) is 2.73. The van der Waals surface area contributed by atoms with Crippen LogP contribution in [0.25, 0.3) is 21.9 Å². The van der Waals surface area contributed by atoms with E-state index in [1.807, 2.05) is 36.4 Å². The number of aliphatic carboxylic acids is 1. The van der Waals surface area contributed by atoms with Crippen LogP contribution >= 0.6 is 22.9 Å². The number of para-hydroxylation sites is 1. The summed E-state index contributed by atoms with van der Waals surface area (Å²) in [7, 11) is 3.10. The van der Waals surface area contributed by atoms with Gasteiger partial charge in [0.2, 0.25) is 0 Å². The monoisotopic (exact) mass is 417 g/mol. The van der Waals surface area contributed by atoms with Gasteiger partial charge in [-0.2, -0.15) is 0 Å². The maximum absolute atomic E-state index is 10.9. The van der Waals surface area contributed by atoms with Crippen molar-refractivity contribution in [2.75, 3.05) is 14.2 Å². The van der Waals surface area contributed by atoms with Crippen LogP contribution in [0, 0.1) is 0 Å². The van der Waals surface area contributed by atoms with Gasteiger partial charge in [0.25, 0.3) is 0 Å². The molecule has 3 aromatic rings. The second kappa shape index (κ2) is 9.08. The second-order valence-electron chi connectivity index (χ2n) is 6.14. The van der Waals surface area contributed by atoms with Gasteiger partial charge in [0.15, 0.2) is 11.5 Å². The third-order valence-corrected chi connectivity index (χ3v) is 5.59. The Morgan fingerprint density at radius 2 is 2.00 bits per heavy atom. The van der Waals surface area contributed by atoms with Crippen LogP contribution in [0.15, 0.2) is 36.4 Å². The number of halogens is 1. The first-order chi connectivity index (χ1) is 13.5. The predicted octanol–water partition coefficient (Wildman–Crippen LogP) is 5.76. The van der Waals surface area contributed by atoms with Crippen molar-refractivity contribution in [2.24, 2.45) is 0 Å². The Hall–Kier alpha value is -2.57. The van der Waals surface area contributed by atoms with Crippen molar-refractivity contribution >= 4 is 50.8 Å². The number of methoxy groups -OCH3 is 2. The summed E-state index contributed by atoms with van der Waals surface area (Å²) in [5.74, 6) is 0.210. The van der Waals surface area contributed by atoms with E-state index in [0.29, 0.717) is 29.4 Å². The molecule has 0 unspecified atom stereocenters. The number of ether oxygens (including phenoxy) is 2. The number of fused-ring (bicyclic) bond motifs is 1. The lowest BCUT2D eigenvalue weighted by Crippen LogP contribution is -1.95. The van der Waals surface area contributed by atoms with Crippen molar-refractivity contribution in [3.05, 3.63) is 52.0 Å². The summed E-state index contributed by atoms with van der Waals surface area (Å²) in [4.78, 5) is 15.7. The molecule has 7 heteroatoms.